The van der Waals surface area contributed by atoms with Crippen molar-refractivity contribution in [2.75, 3.05) is 7.05 Å². The second-order valence-electron chi connectivity index (χ2n) is 8.64. The van der Waals surface area contributed by atoms with Gasteiger partial charge in [-0.25, -0.2) is 8.42 Å². The molecule has 0 amide bonds. The minimum absolute atomic E-state index is 0.0247. The molecule has 0 saturated heterocycles. The minimum Gasteiger partial charge on any atom is -0.505 e. The van der Waals surface area contributed by atoms with Crippen LogP contribution in [0.3, 0.4) is 0 Å². The van der Waals surface area contributed by atoms with Crippen molar-refractivity contribution in [3.63, 3.8) is 0 Å². The molecule has 5 nitrogen and oxygen atoms in total. The topological polar surface area (TPSA) is 74.7 Å². The summed E-state index contributed by atoms with van der Waals surface area (Å²) >= 11 is 0. The third-order valence-electron chi connectivity index (χ3n) is 7.26. The van der Waals surface area contributed by atoms with Gasteiger partial charge in [-0.3, -0.25) is 4.31 Å². The molecule has 0 aromatic heterocycles. The molecule has 3 unspecified atom stereocenters. The monoisotopic (exact) mass is 373 g/mol. The molecular weight excluding hydrogens is 350 g/mol. The SMILES string of the molecule is CN1C(C2C3CC4CC(C3)CC2(C=O)C4)=C(O)c2ccccc2S1(=O)=O. The quantitative estimate of drug-likeness (QED) is 0.808. The molecule has 1 aromatic carbocycles. The number of aldehydes is 1. The van der Waals surface area contributed by atoms with Gasteiger partial charge < -0.3 is 9.90 Å². The van der Waals surface area contributed by atoms with E-state index in [1.165, 1.54) is 23.8 Å². The number of nitrogens with zero attached hydrogens (tertiary/aromatic N) is 1. The Labute approximate surface area is 153 Å². The molecule has 6 rings (SSSR count). The van der Waals surface area contributed by atoms with Crippen LogP contribution in [0.2, 0.25) is 0 Å². The first kappa shape index (κ1) is 16.4. The van der Waals surface area contributed by atoms with E-state index < -0.39 is 15.4 Å². The summed E-state index contributed by atoms with van der Waals surface area (Å²) in [7, 11) is -2.21. The predicted octanol–water partition coefficient (Wildman–Crippen LogP) is 3.19. The van der Waals surface area contributed by atoms with Crippen molar-refractivity contribution in [2.24, 2.45) is 29.1 Å². The fraction of sp³-hybridized carbons (Fsp3) is 0.550. The van der Waals surface area contributed by atoms with Crippen LogP contribution < -0.4 is 0 Å². The van der Waals surface area contributed by atoms with E-state index in [0.29, 0.717) is 23.1 Å². The first-order chi connectivity index (χ1) is 12.4. The van der Waals surface area contributed by atoms with Crippen molar-refractivity contribution >= 4 is 22.1 Å². The van der Waals surface area contributed by atoms with Crippen LogP contribution >= 0.6 is 0 Å². The lowest BCUT2D eigenvalue weighted by Crippen LogP contribution is -2.56. The van der Waals surface area contributed by atoms with E-state index in [1.807, 2.05) is 0 Å². The maximum atomic E-state index is 13.1. The molecule has 6 heteroatoms. The number of rotatable bonds is 2. The number of hydrogen-bond donors (Lipinski definition) is 1. The Kier molecular flexibility index (Phi) is 3.22. The zero-order chi connectivity index (χ0) is 18.3. The Balaban J connectivity index is 1.73. The molecule has 138 valence electrons. The summed E-state index contributed by atoms with van der Waals surface area (Å²) in [6.45, 7) is 0. The lowest BCUT2D eigenvalue weighted by atomic mass is 9.45. The third kappa shape index (κ3) is 1.91. The summed E-state index contributed by atoms with van der Waals surface area (Å²) in [4.78, 5) is 12.4. The molecule has 0 spiro atoms. The Bertz CT molecular complexity index is 921. The van der Waals surface area contributed by atoms with Crippen LogP contribution in [0.1, 0.15) is 37.7 Å². The van der Waals surface area contributed by atoms with Crippen LogP contribution in [0.15, 0.2) is 34.9 Å². The second kappa shape index (κ2) is 5.12. The number of carbonyl (C=O) groups excluding carboxylic acids is 1. The molecule has 1 aliphatic heterocycles. The van der Waals surface area contributed by atoms with Gasteiger partial charge in [0.1, 0.15) is 12.0 Å². The van der Waals surface area contributed by atoms with Crippen molar-refractivity contribution < 1.29 is 18.3 Å². The Morgan fingerprint density at radius 3 is 2.46 bits per heavy atom. The first-order valence-electron chi connectivity index (χ1n) is 9.35. The molecule has 1 heterocycles. The van der Waals surface area contributed by atoms with Gasteiger partial charge in [-0.1, -0.05) is 12.1 Å². The van der Waals surface area contributed by atoms with Crippen molar-refractivity contribution in [1.29, 1.82) is 0 Å². The third-order valence-corrected chi connectivity index (χ3v) is 9.09. The lowest BCUT2D eigenvalue weighted by Gasteiger charge is -2.60. The van der Waals surface area contributed by atoms with E-state index in [1.54, 1.807) is 18.2 Å². The van der Waals surface area contributed by atoms with E-state index >= 15 is 0 Å². The number of allylic oxidation sites excluding steroid dienone is 1. The molecular formula is C20H23NO4S. The average molecular weight is 373 g/mol. The standard InChI is InChI=1S/C20H23NO4S/c1-21-18(19(23)15-4-2-3-5-16(15)26(21,24)25)17-14-7-12-6-13(8-14)10-20(17,9-12)11-22/h2-5,11-14,17,23H,6-10H2,1H3. The van der Waals surface area contributed by atoms with Gasteiger partial charge in [-0.15, -0.1) is 0 Å². The number of carbonyl (C=O) groups is 1. The number of aliphatic hydroxyl groups excluding tert-OH is 1. The normalized spacial score (nSPS) is 39.8. The fourth-order valence-corrected chi connectivity index (χ4v) is 8.01. The summed E-state index contributed by atoms with van der Waals surface area (Å²) in [6.07, 6.45) is 5.97. The van der Waals surface area contributed by atoms with Crippen LogP contribution in [0.25, 0.3) is 5.76 Å². The predicted molar refractivity (Wildman–Crippen MR) is 96.5 cm³/mol. The van der Waals surface area contributed by atoms with Crippen molar-refractivity contribution in [3.05, 3.63) is 35.5 Å². The van der Waals surface area contributed by atoms with E-state index in [0.717, 1.165) is 32.0 Å². The second-order valence-corrected chi connectivity index (χ2v) is 10.6. The van der Waals surface area contributed by atoms with E-state index in [4.69, 9.17) is 0 Å². The number of benzene rings is 1. The van der Waals surface area contributed by atoms with Crippen LogP contribution in [-0.4, -0.2) is 31.2 Å². The number of hydrogen-bond acceptors (Lipinski definition) is 4. The fourth-order valence-electron chi connectivity index (χ4n) is 6.56. The summed E-state index contributed by atoms with van der Waals surface area (Å²) in [5.41, 5.74) is 0.253. The van der Waals surface area contributed by atoms with Crippen LogP contribution in [0, 0.1) is 29.1 Å². The molecule has 3 atom stereocenters. The molecule has 26 heavy (non-hydrogen) atoms. The molecule has 0 radical (unpaired) electrons. The molecule has 4 fully saturated rings. The zero-order valence-corrected chi connectivity index (χ0v) is 15.6. The van der Waals surface area contributed by atoms with E-state index in [-0.39, 0.29) is 22.5 Å². The number of sulfonamides is 1. The van der Waals surface area contributed by atoms with Crippen molar-refractivity contribution in [1.82, 2.24) is 4.31 Å². The maximum Gasteiger partial charge on any atom is 0.264 e. The molecule has 5 aliphatic rings. The van der Waals surface area contributed by atoms with E-state index in [9.17, 15) is 18.3 Å². The molecule has 4 bridgehead atoms. The van der Waals surface area contributed by atoms with Gasteiger partial charge in [0.05, 0.1) is 10.6 Å². The highest BCUT2D eigenvalue weighted by molar-refractivity contribution is 7.89. The van der Waals surface area contributed by atoms with Gasteiger partial charge in [0.2, 0.25) is 0 Å². The molecule has 4 saturated carbocycles. The van der Waals surface area contributed by atoms with Gasteiger partial charge in [-0.05, 0) is 62.0 Å². The molecule has 4 aliphatic carbocycles. The smallest absolute Gasteiger partial charge is 0.264 e. The Hall–Kier alpha value is -1.82. The summed E-state index contributed by atoms with van der Waals surface area (Å²) in [5, 5.41) is 11.1. The lowest BCUT2D eigenvalue weighted by molar-refractivity contribution is -0.141. The average Bonchev–Trinajstić information content (AvgIpc) is 2.62. The van der Waals surface area contributed by atoms with Crippen LogP contribution in [0.4, 0.5) is 0 Å². The van der Waals surface area contributed by atoms with E-state index in [2.05, 4.69) is 0 Å². The van der Waals surface area contributed by atoms with Crippen LogP contribution in [0.5, 0.6) is 0 Å². The zero-order valence-electron chi connectivity index (χ0n) is 14.8. The summed E-state index contributed by atoms with van der Waals surface area (Å²) in [6, 6.07) is 6.58. The van der Waals surface area contributed by atoms with Crippen LogP contribution in [-0.2, 0) is 14.8 Å². The first-order valence-corrected chi connectivity index (χ1v) is 10.8. The molecule has 1 N–H and O–H groups in total. The van der Waals surface area contributed by atoms with Gasteiger partial charge in [0.25, 0.3) is 10.0 Å². The highest BCUT2D eigenvalue weighted by atomic mass is 32.2. The number of aliphatic hydroxyl groups is 1. The Morgan fingerprint density at radius 1 is 1.15 bits per heavy atom. The van der Waals surface area contributed by atoms with Crippen molar-refractivity contribution in [3.8, 4) is 0 Å². The maximum absolute atomic E-state index is 13.1. The summed E-state index contributed by atoms with van der Waals surface area (Å²) in [5.74, 6) is 1.20. The molecule has 1 aromatic rings. The highest BCUT2D eigenvalue weighted by Gasteiger charge is 2.60. The van der Waals surface area contributed by atoms with Gasteiger partial charge in [0.15, 0.2) is 0 Å². The Morgan fingerprint density at radius 2 is 1.81 bits per heavy atom. The van der Waals surface area contributed by atoms with Gasteiger partial charge in [-0.2, -0.15) is 0 Å². The highest BCUT2D eigenvalue weighted by Crippen LogP contribution is 2.65. The van der Waals surface area contributed by atoms with Gasteiger partial charge in [0, 0.05) is 23.9 Å². The minimum atomic E-state index is -3.72. The van der Waals surface area contributed by atoms with Crippen molar-refractivity contribution in [2.45, 2.75) is 37.0 Å². The number of fused-ring (bicyclic) bond motifs is 1. The van der Waals surface area contributed by atoms with Gasteiger partial charge >= 0.3 is 0 Å². The largest absolute Gasteiger partial charge is 0.505 e. The summed E-state index contributed by atoms with van der Waals surface area (Å²) < 4.78 is 27.4.